The van der Waals surface area contributed by atoms with E-state index < -0.39 is 0 Å². The van der Waals surface area contributed by atoms with Gasteiger partial charge in [0.2, 0.25) is 5.88 Å². The quantitative estimate of drug-likeness (QED) is 0.800. The van der Waals surface area contributed by atoms with Crippen LogP contribution in [0, 0.1) is 0 Å². The normalized spacial score (nSPS) is 16.5. The van der Waals surface area contributed by atoms with Gasteiger partial charge in [-0.2, -0.15) is 4.98 Å². The fourth-order valence-electron chi connectivity index (χ4n) is 2.40. The number of nitrogens with zero attached hydrogens (tertiary/aromatic N) is 5. The molecule has 118 valence electrons. The first kappa shape index (κ1) is 15.8. The number of piperazine rings is 1. The molecule has 1 aromatic heterocycles. The number of ether oxygens (including phenoxy) is 1. The molecule has 7 nitrogen and oxygen atoms in total. The lowest BCUT2D eigenvalue weighted by Crippen LogP contribution is -2.48. The highest BCUT2D eigenvalue weighted by Gasteiger charge is 2.21. The van der Waals surface area contributed by atoms with E-state index in [4.69, 9.17) is 10.5 Å². The van der Waals surface area contributed by atoms with E-state index in [1.165, 1.54) is 6.33 Å². The highest BCUT2D eigenvalue weighted by Crippen LogP contribution is 2.28. The van der Waals surface area contributed by atoms with Crippen LogP contribution in [0.4, 0.5) is 11.5 Å². The molecule has 0 saturated carbocycles. The summed E-state index contributed by atoms with van der Waals surface area (Å²) >= 11 is 0. The van der Waals surface area contributed by atoms with Crippen molar-refractivity contribution >= 4 is 11.5 Å². The van der Waals surface area contributed by atoms with Crippen LogP contribution < -0.4 is 15.4 Å². The van der Waals surface area contributed by atoms with Gasteiger partial charge in [-0.1, -0.05) is 0 Å². The van der Waals surface area contributed by atoms with Crippen LogP contribution in [0.25, 0.3) is 0 Å². The highest BCUT2D eigenvalue weighted by molar-refractivity contribution is 5.67. The average Bonchev–Trinajstić information content (AvgIpc) is 2.48. The van der Waals surface area contributed by atoms with Gasteiger partial charge < -0.3 is 20.3 Å². The Bertz CT molecular complexity index is 445. The maximum Gasteiger partial charge on any atom is 0.242 e. The minimum Gasteiger partial charge on any atom is -0.476 e. The van der Waals surface area contributed by atoms with Gasteiger partial charge in [0.1, 0.15) is 12.0 Å². The fourth-order valence-corrected chi connectivity index (χ4v) is 2.40. The first-order chi connectivity index (χ1) is 10.1. The molecular formula is C14H26N6O. The molecule has 1 aliphatic rings. The second-order valence-corrected chi connectivity index (χ2v) is 5.48. The van der Waals surface area contributed by atoms with E-state index in [0.717, 1.165) is 45.1 Å². The number of nitrogen functional groups attached to an aromatic ring is 1. The third kappa shape index (κ3) is 4.18. The number of aromatic nitrogens is 2. The van der Waals surface area contributed by atoms with E-state index in [1.807, 2.05) is 6.92 Å². The van der Waals surface area contributed by atoms with Crippen molar-refractivity contribution < 1.29 is 4.74 Å². The Kier molecular flexibility index (Phi) is 5.58. The topological polar surface area (TPSA) is 70.8 Å². The number of anilines is 2. The van der Waals surface area contributed by atoms with Crippen LogP contribution in [0.15, 0.2) is 6.33 Å². The minimum absolute atomic E-state index is 0.484. The van der Waals surface area contributed by atoms with Crippen molar-refractivity contribution in [3.05, 3.63) is 6.33 Å². The zero-order valence-electron chi connectivity index (χ0n) is 13.2. The highest BCUT2D eigenvalue weighted by atomic mass is 16.5. The number of hydrogen-bond donors (Lipinski definition) is 1. The minimum atomic E-state index is 0.484. The van der Waals surface area contributed by atoms with Gasteiger partial charge in [0, 0.05) is 39.3 Å². The molecule has 0 atom stereocenters. The van der Waals surface area contributed by atoms with E-state index in [2.05, 4.69) is 38.8 Å². The van der Waals surface area contributed by atoms with Gasteiger partial charge >= 0.3 is 0 Å². The van der Waals surface area contributed by atoms with E-state index in [1.54, 1.807) is 0 Å². The van der Waals surface area contributed by atoms with Crippen molar-refractivity contribution in [1.82, 2.24) is 19.8 Å². The van der Waals surface area contributed by atoms with E-state index >= 15 is 0 Å². The molecule has 0 radical (unpaired) electrons. The summed E-state index contributed by atoms with van der Waals surface area (Å²) in [5, 5.41) is 0. The molecule has 2 rings (SSSR count). The lowest BCUT2D eigenvalue weighted by Gasteiger charge is -2.36. The summed E-state index contributed by atoms with van der Waals surface area (Å²) in [6.45, 7) is 8.58. The first-order valence-corrected chi connectivity index (χ1v) is 7.47. The molecular weight excluding hydrogens is 268 g/mol. The number of nitrogens with two attached hydrogens (primary N) is 1. The molecule has 1 aliphatic heterocycles. The zero-order valence-corrected chi connectivity index (χ0v) is 13.2. The Morgan fingerprint density at radius 1 is 1.24 bits per heavy atom. The van der Waals surface area contributed by atoms with Gasteiger partial charge in [0.25, 0.3) is 0 Å². The number of rotatable bonds is 6. The van der Waals surface area contributed by atoms with Crippen LogP contribution in [0.2, 0.25) is 0 Å². The van der Waals surface area contributed by atoms with Crippen molar-refractivity contribution in [2.24, 2.45) is 0 Å². The Hall–Kier alpha value is -1.60. The molecule has 0 unspecified atom stereocenters. The molecule has 0 amide bonds. The van der Waals surface area contributed by atoms with Crippen LogP contribution in [-0.4, -0.2) is 79.7 Å². The fraction of sp³-hybridized carbons (Fsp3) is 0.714. The maximum absolute atomic E-state index is 6.12. The van der Waals surface area contributed by atoms with Gasteiger partial charge in [-0.05, 0) is 21.0 Å². The molecule has 0 bridgehead atoms. The predicted molar refractivity (Wildman–Crippen MR) is 84.8 cm³/mol. The van der Waals surface area contributed by atoms with Gasteiger partial charge in [-0.15, -0.1) is 0 Å². The monoisotopic (exact) mass is 294 g/mol. The molecule has 21 heavy (non-hydrogen) atoms. The molecule has 1 aromatic rings. The lowest BCUT2D eigenvalue weighted by atomic mass is 10.3. The van der Waals surface area contributed by atoms with Gasteiger partial charge in [0.05, 0.1) is 6.61 Å². The molecule has 1 fully saturated rings. The van der Waals surface area contributed by atoms with Crippen LogP contribution in [0.1, 0.15) is 6.92 Å². The second kappa shape index (κ2) is 7.42. The molecule has 1 saturated heterocycles. The Balaban J connectivity index is 1.94. The summed E-state index contributed by atoms with van der Waals surface area (Å²) in [5.41, 5.74) is 6.66. The zero-order chi connectivity index (χ0) is 15.2. The lowest BCUT2D eigenvalue weighted by molar-refractivity contribution is 0.229. The molecule has 0 aliphatic carbocycles. The SMILES string of the molecule is CCOc1ncnc(N2CCN(CCN(C)C)CC2)c1N. The van der Waals surface area contributed by atoms with Crippen molar-refractivity contribution in [2.45, 2.75) is 6.92 Å². The average molecular weight is 294 g/mol. The third-order valence-corrected chi connectivity index (χ3v) is 3.64. The standard InChI is InChI=1S/C14H26N6O/c1-4-21-14-12(15)13(16-11-17-14)20-9-7-19(8-10-20)6-5-18(2)3/h11H,4-10,15H2,1-3H3. The van der Waals surface area contributed by atoms with Crippen molar-refractivity contribution in [3.63, 3.8) is 0 Å². The van der Waals surface area contributed by atoms with E-state index in [9.17, 15) is 0 Å². The van der Waals surface area contributed by atoms with E-state index in [-0.39, 0.29) is 0 Å². The first-order valence-electron chi connectivity index (χ1n) is 7.47. The smallest absolute Gasteiger partial charge is 0.242 e. The molecule has 0 spiro atoms. The summed E-state index contributed by atoms with van der Waals surface area (Å²) in [4.78, 5) is 15.3. The van der Waals surface area contributed by atoms with Gasteiger partial charge in [-0.25, -0.2) is 4.98 Å². The van der Waals surface area contributed by atoms with Crippen molar-refractivity contribution in [1.29, 1.82) is 0 Å². The predicted octanol–water partition coefficient (Wildman–Crippen LogP) is 0.141. The summed E-state index contributed by atoms with van der Waals surface area (Å²) in [6, 6.07) is 0. The third-order valence-electron chi connectivity index (χ3n) is 3.64. The Morgan fingerprint density at radius 3 is 2.57 bits per heavy atom. The molecule has 7 heteroatoms. The number of hydrogen-bond acceptors (Lipinski definition) is 7. The second-order valence-electron chi connectivity index (χ2n) is 5.48. The molecule has 2 N–H and O–H groups in total. The summed E-state index contributed by atoms with van der Waals surface area (Å²) in [6.07, 6.45) is 1.52. The van der Waals surface area contributed by atoms with Crippen molar-refractivity contribution in [2.75, 3.05) is 70.6 Å². The summed E-state index contributed by atoms with van der Waals surface area (Å²) in [7, 11) is 4.21. The van der Waals surface area contributed by atoms with E-state index in [0.29, 0.717) is 18.2 Å². The van der Waals surface area contributed by atoms with Crippen LogP contribution in [-0.2, 0) is 0 Å². The van der Waals surface area contributed by atoms with Crippen LogP contribution in [0.3, 0.4) is 0 Å². The van der Waals surface area contributed by atoms with Crippen LogP contribution >= 0.6 is 0 Å². The maximum atomic E-state index is 6.12. The van der Waals surface area contributed by atoms with Crippen molar-refractivity contribution in [3.8, 4) is 5.88 Å². The Labute approximate surface area is 126 Å². The molecule has 2 heterocycles. The van der Waals surface area contributed by atoms with Crippen LogP contribution in [0.5, 0.6) is 5.88 Å². The largest absolute Gasteiger partial charge is 0.476 e. The Morgan fingerprint density at radius 2 is 1.95 bits per heavy atom. The number of likely N-dealkylation sites (N-methyl/N-ethyl adjacent to an activating group) is 1. The van der Waals surface area contributed by atoms with Gasteiger partial charge in [0.15, 0.2) is 5.82 Å². The molecule has 0 aromatic carbocycles. The summed E-state index contributed by atoms with van der Waals surface area (Å²) < 4.78 is 5.44. The summed E-state index contributed by atoms with van der Waals surface area (Å²) in [5.74, 6) is 1.28. The van der Waals surface area contributed by atoms with Gasteiger partial charge in [-0.3, -0.25) is 4.90 Å².